The molecule has 1 radical (unpaired) electrons. The molecular formula is C16H19ClF4NO2. The van der Waals surface area contributed by atoms with Crippen molar-refractivity contribution in [1.29, 1.82) is 0 Å². The van der Waals surface area contributed by atoms with Crippen molar-refractivity contribution in [3.63, 3.8) is 0 Å². The number of ether oxygens (including phenoxy) is 1. The lowest BCUT2D eigenvalue weighted by Crippen LogP contribution is -2.33. The topological polar surface area (TPSA) is 38.3 Å². The maximum absolute atomic E-state index is 13.8. The van der Waals surface area contributed by atoms with Crippen LogP contribution in [0.2, 0.25) is 5.02 Å². The number of carbonyl (C=O) groups is 1. The molecule has 1 rings (SSSR count). The number of hydrogen-bond acceptors (Lipinski definition) is 2. The van der Waals surface area contributed by atoms with Gasteiger partial charge in [0, 0.05) is 0 Å². The number of benzene rings is 1. The fraction of sp³-hybridized carbons (Fsp3) is 0.500. The minimum absolute atomic E-state index is 0.0462. The molecule has 0 aromatic heterocycles. The van der Waals surface area contributed by atoms with Crippen LogP contribution in [0.4, 0.5) is 17.6 Å². The zero-order valence-electron chi connectivity index (χ0n) is 13.6. The fourth-order valence-corrected chi connectivity index (χ4v) is 1.97. The van der Waals surface area contributed by atoms with Crippen molar-refractivity contribution in [3.8, 4) is 5.75 Å². The molecule has 1 aromatic carbocycles. The third-order valence-corrected chi connectivity index (χ3v) is 3.14. The van der Waals surface area contributed by atoms with Crippen molar-refractivity contribution in [1.82, 2.24) is 5.32 Å². The molecule has 0 aliphatic heterocycles. The minimum atomic E-state index is -4.55. The average molecular weight is 369 g/mol. The molecule has 0 aliphatic carbocycles. The van der Waals surface area contributed by atoms with E-state index in [0.29, 0.717) is 0 Å². The Bertz CT molecular complexity index is 583. The minimum Gasteiger partial charge on any atom is -0.490 e. The summed E-state index contributed by atoms with van der Waals surface area (Å²) in [6.45, 7) is 4.66. The van der Waals surface area contributed by atoms with Crippen molar-refractivity contribution >= 4 is 17.5 Å². The molecular weight excluding hydrogens is 350 g/mol. The maximum Gasteiger partial charge on any atom is 0.405 e. The molecule has 1 N–H and O–H groups in total. The summed E-state index contributed by atoms with van der Waals surface area (Å²) in [4.78, 5) is 11.8. The number of amides is 1. The molecule has 1 amide bonds. The third-order valence-electron chi connectivity index (χ3n) is 2.83. The Balaban J connectivity index is 2.76. The Morgan fingerprint density at radius 3 is 2.46 bits per heavy atom. The van der Waals surface area contributed by atoms with E-state index in [4.69, 9.17) is 16.3 Å². The summed E-state index contributed by atoms with van der Waals surface area (Å²) in [5.74, 6) is -2.10. The highest BCUT2D eigenvalue weighted by Gasteiger charge is 2.28. The van der Waals surface area contributed by atoms with E-state index in [1.54, 1.807) is 11.7 Å². The smallest absolute Gasteiger partial charge is 0.405 e. The molecule has 135 valence electrons. The van der Waals surface area contributed by atoms with Crippen molar-refractivity contribution in [3.05, 3.63) is 35.0 Å². The number of nitrogens with one attached hydrogen (secondary N) is 1. The molecule has 0 saturated heterocycles. The van der Waals surface area contributed by atoms with Crippen LogP contribution < -0.4 is 10.1 Å². The van der Waals surface area contributed by atoms with Gasteiger partial charge in [0.15, 0.2) is 11.6 Å². The number of halogens is 5. The van der Waals surface area contributed by atoms with E-state index in [9.17, 15) is 22.4 Å². The summed E-state index contributed by atoms with van der Waals surface area (Å²) in [6.07, 6.45) is -2.03. The number of carbonyl (C=O) groups excluding carboxylic acids is 1. The van der Waals surface area contributed by atoms with E-state index in [1.165, 1.54) is 0 Å². The summed E-state index contributed by atoms with van der Waals surface area (Å²) >= 11 is 5.72. The third kappa shape index (κ3) is 7.38. The molecule has 0 aliphatic rings. The summed E-state index contributed by atoms with van der Waals surface area (Å²) in [7, 11) is 0. The van der Waals surface area contributed by atoms with E-state index in [2.05, 4.69) is 0 Å². The lowest BCUT2D eigenvalue weighted by atomic mass is 9.91. The zero-order valence-corrected chi connectivity index (χ0v) is 14.3. The fourth-order valence-electron chi connectivity index (χ4n) is 1.73. The first-order valence-electron chi connectivity index (χ1n) is 7.17. The van der Waals surface area contributed by atoms with Crippen LogP contribution in [0.3, 0.4) is 0 Å². The van der Waals surface area contributed by atoms with Gasteiger partial charge in [-0.2, -0.15) is 13.2 Å². The second-order valence-corrected chi connectivity index (χ2v) is 6.83. The van der Waals surface area contributed by atoms with Gasteiger partial charge in [-0.1, -0.05) is 32.4 Å². The Hall–Kier alpha value is -1.50. The van der Waals surface area contributed by atoms with Crippen LogP contribution in [0.5, 0.6) is 5.75 Å². The van der Waals surface area contributed by atoms with Crippen LogP contribution in [0.1, 0.15) is 37.6 Å². The van der Waals surface area contributed by atoms with Gasteiger partial charge in [0.05, 0.1) is 17.2 Å². The highest BCUT2D eigenvalue weighted by molar-refractivity contribution is 6.33. The zero-order chi connectivity index (χ0) is 18.5. The van der Waals surface area contributed by atoms with E-state index < -0.39 is 24.4 Å². The molecule has 0 heterocycles. The summed E-state index contributed by atoms with van der Waals surface area (Å²) in [6, 6.07) is 1.83. The average Bonchev–Trinajstić information content (AvgIpc) is 2.41. The van der Waals surface area contributed by atoms with Gasteiger partial charge in [-0.25, -0.2) is 4.39 Å². The van der Waals surface area contributed by atoms with Crippen LogP contribution in [0.25, 0.3) is 0 Å². The Labute approximate surface area is 143 Å². The molecule has 0 atom stereocenters. The van der Waals surface area contributed by atoms with Crippen LogP contribution in [0, 0.1) is 17.7 Å². The number of rotatable bonds is 6. The molecule has 0 spiro atoms. The molecule has 0 fully saturated rings. The second kappa shape index (κ2) is 8.05. The summed E-state index contributed by atoms with van der Waals surface area (Å²) in [5.41, 5.74) is -0.238. The van der Waals surface area contributed by atoms with Gasteiger partial charge in [0.2, 0.25) is 0 Å². The van der Waals surface area contributed by atoms with E-state index in [0.717, 1.165) is 18.6 Å². The summed E-state index contributed by atoms with van der Waals surface area (Å²) in [5, 5.41) is 1.39. The van der Waals surface area contributed by atoms with Crippen molar-refractivity contribution < 1.29 is 27.1 Å². The van der Waals surface area contributed by atoms with Crippen LogP contribution in [0.15, 0.2) is 12.1 Å². The summed E-state index contributed by atoms with van der Waals surface area (Å²) < 4.78 is 55.4. The molecule has 8 heteroatoms. The van der Waals surface area contributed by atoms with E-state index >= 15 is 0 Å². The SMILES string of the molecule is CC(C)(C)C[CH]COc1cc(C(=O)NCC(F)(F)F)c(Cl)cc1F. The normalized spacial score (nSPS) is 12.2. The first-order valence-corrected chi connectivity index (χ1v) is 7.55. The first-order chi connectivity index (χ1) is 10.9. The molecule has 1 aromatic rings. The maximum atomic E-state index is 13.8. The van der Waals surface area contributed by atoms with Gasteiger partial charge >= 0.3 is 6.18 Å². The van der Waals surface area contributed by atoms with Gasteiger partial charge < -0.3 is 10.1 Å². The quantitative estimate of drug-likeness (QED) is 0.579. The van der Waals surface area contributed by atoms with Crippen molar-refractivity contribution in [2.24, 2.45) is 5.41 Å². The largest absolute Gasteiger partial charge is 0.490 e. The molecule has 0 bridgehead atoms. The standard InChI is InChI=1S/C16H19ClF4NO2/c1-15(2,3)5-4-6-24-13-7-10(11(17)8-12(13)18)14(23)22-9-16(19,20)21/h4,7-8H,5-6,9H2,1-3H3,(H,22,23). The van der Waals surface area contributed by atoms with Crippen LogP contribution >= 0.6 is 11.6 Å². The highest BCUT2D eigenvalue weighted by Crippen LogP contribution is 2.27. The van der Waals surface area contributed by atoms with Crippen LogP contribution in [-0.2, 0) is 0 Å². The highest BCUT2D eigenvalue weighted by atomic mass is 35.5. The Kier molecular flexibility index (Phi) is 6.89. The lowest BCUT2D eigenvalue weighted by Gasteiger charge is -2.18. The predicted octanol–water partition coefficient (Wildman–Crippen LogP) is 4.79. The molecule has 24 heavy (non-hydrogen) atoms. The lowest BCUT2D eigenvalue weighted by molar-refractivity contribution is -0.123. The number of alkyl halides is 3. The van der Waals surface area contributed by atoms with Gasteiger partial charge in [-0.05, 0) is 30.4 Å². The van der Waals surface area contributed by atoms with E-state index in [-0.39, 0.29) is 28.4 Å². The van der Waals surface area contributed by atoms with Gasteiger partial charge in [0.25, 0.3) is 5.91 Å². The predicted molar refractivity (Wildman–Crippen MR) is 83.7 cm³/mol. The molecule has 0 unspecified atom stereocenters. The second-order valence-electron chi connectivity index (χ2n) is 6.42. The number of hydrogen-bond donors (Lipinski definition) is 1. The first kappa shape index (κ1) is 20.5. The Morgan fingerprint density at radius 2 is 1.92 bits per heavy atom. The van der Waals surface area contributed by atoms with Crippen molar-refractivity contribution in [2.45, 2.75) is 33.4 Å². The monoisotopic (exact) mass is 368 g/mol. The molecule has 3 nitrogen and oxygen atoms in total. The Morgan fingerprint density at radius 1 is 1.29 bits per heavy atom. The van der Waals surface area contributed by atoms with Gasteiger partial charge in [0.1, 0.15) is 6.54 Å². The van der Waals surface area contributed by atoms with Crippen molar-refractivity contribution in [2.75, 3.05) is 13.2 Å². The van der Waals surface area contributed by atoms with Gasteiger partial charge in [-0.15, -0.1) is 0 Å². The van der Waals surface area contributed by atoms with Gasteiger partial charge in [-0.3, -0.25) is 4.79 Å². The van der Waals surface area contributed by atoms with Crippen LogP contribution in [-0.4, -0.2) is 25.2 Å². The van der Waals surface area contributed by atoms with E-state index in [1.807, 2.05) is 20.8 Å². The molecule has 0 saturated carbocycles.